The van der Waals surface area contributed by atoms with Crippen LogP contribution in [0.2, 0.25) is 0 Å². The lowest BCUT2D eigenvalue weighted by Crippen LogP contribution is -2.11. The van der Waals surface area contributed by atoms with E-state index in [-0.39, 0.29) is 12.5 Å². The van der Waals surface area contributed by atoms with Gasteiger partial charge in [-0.2, -0.15) is 0 Å². The Kier molecular flexibility index (Phi) is 7.23. The number of anilines is 1. The number of ether oxygens (including phenoxy) is 1. The maximum Gasteiger partial charge on any atom is 0.224 e. The lowest BCUT2D eigenvalue weighted by atomic mass is 10.1. The van der Waals surface area contributed by atoms with E-state index < -0.39 is 0 Å². The molecule has 0 spiro atoms. The summed E-state index contributed by atoms with van der Waals surface area (Å²) in [6, 6.07) is 5.25. The third-order valence-electron chi connectivity index (χ3n) is 2.79. The molecule has 0 bridgehead atoms. The molecular weight excluding hydrogens is 254 g/mol. The molecule has 0 fully saturated rings. The number of rotatable bonds is 8. The van der Waals surface area contributed by atoms with Crippen molar-refractivity contribution >= 4 is 11.6 Å². The Morgan fingerprint density at radius 3 is 2.90 bits per heavy atom. The summed E-state index contributed by atoms with van der Waals surface area (Å²) in [7, 11) is 0. The van der Waals surface area contributed by atoms with Crippen LogP contribution in [-0.4, -0.2) is 17.6 Å². The fourth-order valence-corrected chi connectivity index (χ4v) is 1.81. The monoisotopic (exact) mass is 275 g/mol. The van der Waals surface area contributed by atoms with E-state index in [4.69, 9.17) is 11.2 Å². The van der Waals surface area contributed by atoms with Gasteiger partial charge in [0.05, 0.1) is 13.2 Å². The highest BCUT2D eigenvalue weighted by molar-refractivity contribution is 5.90. The van der Waals surface area contributed by atoms with Crippen LogP contribution < -0.4 is 10.1 Å². The smallest absolute Gasteiger partial charge is 0.224 e. The van der Waals surface area contributed by atoms with E-state index in [2.05, 4.69) is 11.2 Å². The van der Waals surface area contributed by atoms with Crippen LogP contribution >= 0.6 is 0 Å². The minimum Gasteiger partial charge on any atom is -0.494 e. The number of terminal acetylenes is 1. The molecular formula is C16H21NO3. The molecule has 0 aliphatic heterocycles. The second-order valence-electron chi connectivity index (χ2n) is 4.37. The first-order valence-electron chi connectivity index (χ1n) is 6.81. The summed E-state index contributed by atoms with van der Waals surface area (Å²) >= 11 is 0. The van der Waals surface area contributed by atoms with E-state index in [0.717, 1.165) is 12.8 Å². The predicted octanol–water partition coefficient (Wildman–Crippen LogP) is 2.71. The SMILES string of the molecule is C#CCCCCC(=O)Nc1ccc(OCC)c(CO)c1. The summed E-state index contributed by atoms with van der Waals surface area (Å²) in [4.78, 5) is 11.7. The van der Waals surface area contributed by atoms with Crippen molar-refractivity contribution in [3.05, 3.63) is 23.8 Å². The first-order valence-corrected chi connectivity index (χ1v) is 6.81. The molecule has 0 radical (unpaired) electrons. The van der Waals surface area contributed by atoms with Crippen LogP contribution in [0.5, 0.6) is 5.75 Å². The molecule has 108 valence electrons. The van der Waals surface area contributed by atoms with Crippen molar-refractivity contribution in [1.82, 2.24) is 0 Å². The van der Waals surface area contributed by atoms with Gasteiger partial charge in [-0.15, -0.1) is 12.3 Å². The van der Waals surface area contributed by atoms with Gasteiger partial charge in [0.1, 0.15) is 5.75 Å². The largest absolute Gasteiger partial charge is 0.494 e. The summed E-state index contributed by atoms with van der Waals surface area (Å²) in [5, 5.41) is 12.1. The first-order chi connectivity index (χ1) is 9.71. The standard InChI is InChI=1S/C16H21NO3/c1-3-5-6-7-8-16(19)17-14-9-10-15(20-4-2)13(11-14)12-18/h1,9-11,18H,4-8,12H2,2H3,(H,17,19). The molecule has 0 aromatic heterocycles. The Hall–Kier alpha value is -1.99. The number of nitrogens with one attached hydrogen (secondary N) is 1. The van der Waals surface area contributed by atoms with Gasteiger partial charge in [-0.25, -0.2) is 0 Å². The zero-order valence-electron chi connectivity index (χ0n) is 11.8. The van der Waals surface area contributed by atoms with Crippen LogP contribution in [0, 0.1) is 12.3 Å². The fraction of sp³-hybridized carbons (Fsp3) is 0.438. The van der Waals surface area contributed by atoms with Crippen LogP contribution in [0.4, 0.5) is 5.69 Å². The molecule has 20 heavy (non-hydrogen) atoms. The zero-order chi connectivity index (χ0) is 14.8. The number of hydrogen-bond donors (Lipinski definition) is 2. The van der Waals surface area contributed by atoms with Gasteiger partial charge in [-0.3, -0.25) is 4.79 Å². The molecule has 1 aromatic rings. The summed E-state index contributed by atoms with van der Waals surface area (Å²) in [6.45, 7) is 2.29. The molecule has 0 heterocycles. The molecule has 1 aromatic carbocycles. The normalized spacial score (nSPS) is 9.85. The van der Waals surface area contributed by atoms with Crippen molar-refractivity contribution < 1.29 is 14.6 Å². The number of aliphatic hydroxyl groups excluding tert-OH is 1. The van der Waals surface area contributed by atoms with Crippen molar-refractivity contribution in [2.24, 2.45) is 0 Å². The number of benzene rings is 1. The molecule has 4 heteroatoms. The van der Waals surface area contributed by atoms with Crippen LogP contribution in [0.15, 0.2) is 18.2 Å². The molecule has 1 amide bonds. The molecule has 0 saturated heterocycles. The third-order valence-corrected chi connectivity index (χ3v) is 2.79. The van der Waals surface area contributed by atoms with Crippen molar-refractivity contribution in [2.45, 2.75) is 39.2 Å². The van der Waals surface area contributed by atoms with E-state index in [9.17, 15) is 9.90 Å². The predicted molar refractivity (Wildman–Crippen MR) is 79.5 cm³/mol. The number of unbranched alkanes of at least 4 members (excludes halogenated alkanes) is 2. The summed E-state index contributed by atoms with van der Waals surface area (Å²) in [5.41, 5.74) is 1.33. The number of carbonyl (C=O) groups is 1. The quantitative estimate of drug-likeness (QED) is 0.566. The summed E-state index contributed by atoms with van der Waals surface area (Å²) < 4.78 is 5.39. The molecule has 0 aliphatic rings. The van der Waals surface area contributed by atoms with Gasteiger partial charge < -0.3 is 15.2 Å². The maximum absolute atomic E-state index is 11.7. The van der Waals surface area contributed by atoms with Crippen LogP contribution in [-0.2, 0) is 11.4 Å². The van der Waals surface area contributed by atoms with Gasteiger partial charge in [0.2, 0.25) is 5.91 Å². The van der Waals surface area contributed by atoms with Gasteiger partial charge in [0, 0.05) is 24.1 Å². The van der Waals surface area contributed by atoms with E-state index in [1.54, 1.807) is 18.2 Å². The van der Waals surface area contributed by atoms with Crippen molar-refractivity contribution in [2.75, 3.05) is 11.9 Å². The Morgan fingerprint density at radius 1 is 1.45 bits per heavy atom. The van der Waals surface area contributed by atoms with E-state index in [0.29, 0.717) is 36.4 Å². The lowest BCUT2D eigenvalue weighted by molar-refractivity contribution is -0.116. The molecule has 0 unspecified atom stereocenters. The summed E-state index contributed by atoms with van der Waals surface area (Å²) in [6.07, 6.45) is 7.93. The van der Waals surface area contributed by atoms with E-state index in [1.165, 1.54) is 0 Å². The maximum atomic E-state index is 11.7. The van der Waals surface area contributed by atoms with Gasteiger partial charge in [-0.1, -0.05) is 0 Å². The van der Waals surface area contributed by atoms with Crippen molar-refractivity contribution in [1.29, 1.82) is 0 Å². The zero-order valence-corrected chi connectivity index (χ0v) is 11.8. The number of aliphatic hydroxyl groups is 1. The van der Waals surface area contributed by atoms with Crippen LogP contribution in [0.1, 0.15) is 38.2 Å². The average Bonchev–Trinajstić information content (AvgIpc) is 2.45. The number of hydrogen-bond acceptors (Lipinski definition) is 3. The lowest BCUT2D eigenvalue weighted by Gasteiger charge is -2.11. The Labute approximate surface area is 120 Å². The highest BCUT2D eigenvalue weighted by Crippen LogP contribution is 2.23. The molecule has 1 rings (SSSR count). The highest BCUT2D eigenvalue weighted by Gasteiger charge is 2.06. The molecule has 4 nitrogen and oxygen atoms in total. The molecule has 0 aliphatic carbocycles. The third kappa shape index (κ3) is 5.33. The first kappa shape index (κ1) is 16.1. The van der Waals surface area contributed by atoms with Gasteiger partial charge in [-0.05, 0) is 38.0 Å². The van der Waals surface area contributed by atoms with Crippen LogP contribution in [0.25, 0.3) is 0 Å². The molecule has 0 atom stereocenters. The van der Waals surface area contributed by atoms with Crippen molar-refractivity contribution in [3.63, 3.8) is 0 Å². The fourth-order valence-electron chi connectivity index (χ4n) is 1.81. The molecule has 0 saturated carbocycles. The topological polar surface area (TPSA) is 58.6 Å². The van der Waals surface area contributed by atoms with Crippen molar-refractivity contribution in [3.8, 4) is 18.1 Å². The highest BCUT2D eigenvalue weighted by atomic mass is 16.5. The second-order valence-corrected chi connectivity index (χ2v) is 4.37. The Balaban J connectivity index is 2.55. The summed E-state index contributed by atoms with van der Waals surface area (Å²) in [5.74, 6) is 3.15. The Bertz CT molecular complexity index is 477. The molecule has 2 N–H and O–H groups in total. The number of amides is 1. The average molecular weight is 275 g/mol. The second kappa shape index (κ2) is 9.00. The van der Waals surface area contributed by atoms with E-state index >= 15 is 0 Å². The van der Waals surface area contributed by atoms with Gasteiger partial charge in [0.25, 0.3) is 0 Å². The number of carbonyl (C=O) groups excluding carboxylic acids is 1. The minimum absolute atomic E-state index is 0.0462. The van der Waals surface area contributed by atoms with Gasteiger partial charge >= 0.3 is 0 Å². The van der Waals surface area contributed by atoms with Crippen LogP contribution in [0.3, 0.4) is 0 Å². The minimum atomic E-state index is -0.124. The Morgan fingerprint density at radius 2 is 2.25 bits per heavy atom. The van der Waals surface area contributed by atoms with Gasteiger partial charge in [0.15, 0.2) is 0 Å². The van der Waals surface area contributed by atoms with E-state index in [1.807, 2.05) is 6.92 Å².